The molecular formula is C12H24ClNO. The fraction of sp³-hybridized carbons (Fsp3) is 1.00. The Morgan fingerprint density at radius 1 is 1.27 bits per heavy atom. The Kier molecular flexibility index (Phi) is 5.95. The van der Waals surface area contributed by atoms with Crippen LogP contribution in [-0.4, -0.2) is 41.1 Å². The van der Waals surface area contributed by atoms with Crippen LogP contribution in [0.25, 0.3) is 0 Å². The van der Waals surface area contributed by atoms with E-state index in [1.54, 1.807) is 0 Å². The molecule has 1 atom stereocenters. The first-order chi connectivity index (χ1) is 7.14. The molecule has 0 aromatic carbocycles. The van der Waals surface area contributed by atoms with Crippen LogP contribution in [0.2, 0.25) is 0 Å². The minimum atomic E-state index is -0.450. The largest absolute Gasteiger partial charge is 0.389 e. The fourth-order valence-electron chi connectivity index (χ4n) is 2.30. The van der Waals surface area contributed by atoms with E-state index in [9.17, 15) is 5.11 Å². The molecule has 1 aliphatic rings. The number of rotatable bonds is 6. The first kappa shape index (κ1) is 13.3. The molecule has 0 aromatic heterocycles. The van der Waals surface area contributed by atoms with Gasteiger partial charge < -0.3 is 10.0 Å². The molecule has 1 N–H and O–H groups in total. The average Bonchev–Trinajstić information content (AvgIpc) is 2.16. The number of likely N-dealkylation sites (tertiary alicyclic amines) is 1. The van der Waals surface area contributed by atoms with E-state index in [4.69, 9.17) is 11.6 Å². The molecule has 0 spiro atoms. The molecule has 0 aromatic rings. The number of unbranched alkanes of at least 4 members (excludes halogenated alkanes) is 3. The van der Waals surface area contributed by atoms with Crippen molar-refractivity contribution in [2.45, 2.75) is 51.0 Å². The van der Waals surface area contributed by atoms with Gasteiger partial charge in [-0.1, -0.05) is 12.8 Å². The fourth-order valence-corrected chi connectivity index (χ4v) is 2.49. The van der Waals surface area contributed by atoms with E-state index in [0.29, 0.717) is 0 Å². The van der Waals surface area contributed by atoms with Gasteiger partial charge in [0.1, 0.15) is 0 Å². The lowest BCUT2D eigenvalue weighted by molar-refractivity contribution is -0.0158. The molecule has 0 bridgehead atoms. The summed E-state index contributed by atoms with van der Waals surface area (Å²) in [6.45, 7) is 5.10. The van der Waals surface area contributed by atoms with Crippen LogP contribution in [0, 0.1) is 0 Å². The number of piperidine rings is 1. The second-order valence-electron chi connectivity index (χ2n) is 4.98. The number of halogens is 1. The highest BCUT2D eigenvalue weighted by molar-refractivity contribution is 6.17. The molecule has 0 aliphatic carbocycles. The third-order valence-electron chi connectivity index (χ3n) is 3.11. The molecule has 90 valence electrons. The van der Waals surface area contributed by atoms with Gasteiger partial charge in [-0.2, -0.15) is 0 Å². The Morgan fingerprint density at radius 3 is 2.67 bits per heavy atom. The van der Waals surface area contributed by atoms with E-state index in [1.807, 2.05) is 6.92 Å². The van der Waals surface area contributed by atoms with Crippen molar-refractivity contribution in [2.24, 2.45) is 0 Å². The normalized spacial score (nSPS) is 28.2. The van der Waals surface area contributed by atoms with Gasteiger partial charge in [-0.05, 0) is 45.7 Å². The molecule has 1 heterocycles. The maximum atomic E-state index is 9.93. The van der Waals surface area contributed by atoms with Gasteiger partial charge in [-0.25, -0.2) is 0 Å². The summed E-state index contributed by atoms with van der Waals surface area (Å²) >= 11 is 5.62. The van der Waals surface area contributed by atoms with Gasteiger partial charge in [0, 0.05) is 12.4 Å². The van der Waals surface area contributed by atoms with Gasteiger partial charge in [0.15, 0.2) is 0 Å². The van der Waals surface area contributed by atoms with Gasteiger partial charge >= 0.3 is 0 Å². The molecule has 15 heavy (non-hydrogen) atoms. The molecule has 1 rings (SSSR count). The van der Waals surface area contributed by atoms with Gasteiger partial charge in [0.2, 0.25) is 0 Å². The van der Waals surface area contributed by atoms with Crippen molar-refractivity contribution in [3.05, 3.63) is 0 Å². The molecule has 0 radical (unpaired) electrons. The molecule has 1 aliphatic heterocycles. The van der Waals surface area contributed by atoms with Crippen LogP contribution in [0.15, 0.2) is 0 Å². The van der Waals surface area contributed by atoms with Gasteiger partial charge in [-0.15, -0.1) is 11.6 Å². The van der Waals surface area contributed by atoms with Gasteiger partial charge in [0.05, 0.1) is 5.60 Å². The van der Waals surface area contributed by atoms with Crippen molar-refractivity contribution in [2.75, 3.05) is 25.5 Å². The van der Waals surface area contributed by atoms with Crippen molar-refractivity contribution in [1.82, 2.24) is 4.90 Å². The van der Waals surface area contributed by atoms with Crippen LogP contribution >= 0.6 is 11.6 Å². The second-order valence-corrected chi connectivity index (χ2v) is 5.36. The second kappa shape index (κ2) is 6.72. The zero-order chi connectivity index (χ0) is 11.1. The lowest BCUT2D eigenvalue weighted by Gasteiger charge is -2.36. The van der Waals surface area contributed by atoms with E-state index >= 15 is 0 Å². The Bertz CT molecular complexity index is 173. The number of hydrogen-bond donors (Lipinski definition) is 1. The van der Waals surface area contributed by atoms with E-state index in [1.165, 1.54) is 19.3 Å². The SMILES string of the molecule is CC1(O)CCCN(CCCCCCCl)C1. The van der Waals surface area contributed by atoms with Gasteiger partial charge in [-0.3, -0.25) is 0 Å². The number of nitrogens with zero attached hydrogens (tertiary/aromatic N) is 1. The number of hydrogen-bond acceptors (Lipinski definition) is 2. The van der Waals surface area contributed by atoms with E-state index in [2.05, 4.69) is 4.90 Å². The lowest BCUT2D eigenvalue weighted by Crippen LogP contribution is -2.46. The first-order valence-corrected chi connectivity index (χ1v) is 6.68. The summed E-state index contributed by atoms with van der Waals surface area (Å²) in [6.07, 6.45) is 6.98. The average molecular weight is 234 g/mol. The monoisotopic (exact) mass is 233 g/mol. The highest BCUT2D eigenvalue weighted by atomic mass is 35.5. The minimum Gasteiger partial charge on any atom is -0.389 e. The Balaban J connectivity index is 2.05. The highest BCUT2D eigenvalue weighted by Crippen LogP contribution is 2.20. The van der Waals surface area contributed by atoms with Crippen LogP contribution in [-0.2, 0) is 0 Å². The van der Waals surface area contributed by atoms with Crippen LogP contribution in [0.3, 0.4) is 0 Å². The summed E-state index contributed by atoms with van der Waals surface area (Å²) in [6, 6.07) is 0. The first-order valence-electron chi connectivity index (χ1n) is 6.15. The smallest absolute Gasteiger partial charge is 0.0746 e. The summed E-state index contributed by atoms with van der Waals surface area (Å²) in [7, 11) is 0. The van der Waals surface area contributed by atoms with E-state index in [0.717, 1.165) is 44.8 Å². The number of alkyl halides is 1. The molecular weight excluding hydrogens is 210 g/mol. The third-order valence-corrected chi connectivity index (χ3v) is 3.38. The minimum absolute atomic E-state index is 0.450. The van der Waals surface area contributed by atoms with Crippen LogP contribution < -0.4 is 0 Å². The third kappa shape index (κ3) is 5.74. The molecule has 0 saturated carbocycles. The maximum absolute atomic E-state index is 9.93. The Hall–Kier alpha value is 0.210. The van der Waals surface area contributed by atoms with Crippen molar-refractivity contribution >= 4 is 11.6 Å². The summed E-state index contributed by atoms with van der Waals surface area (Å²) < 4.78 is 0. The predicted molar refractivity (Wildman–Crippen MR) is 65.5 cm³/mol. The van der Waals surface area contributed by atoms with E-state index < -0.39 is 5.60 Å². The van der Waals surface area contributed by atoms with Crippen molar-refractivity contribution < 1.29 is 5.11 Å². The number of β-amino-alcohol motifs (C(OH)–C–C–N with tert-alkyl or cyclic N) is 1. The zero-order valence-corrected chi connectivity index (χ0v) is 10.6. The molecule has 3 heteroatoms. The summed E-state index contributed by atoms with van der Waals surface area (Å²) in [4.78, 5) is 2.39. The summed E-state index contributed by atoms with van der Waals surface area (Å²) in [5, 5.41) is 9.93. The lowest BCUT2D eigenvalue weighted by atomic mass is 9.95. The van der Waals surface area contributed by atoms with Crippen molar-refractivity contribution in [3.8, 4) is 0 Å². The van der Waals surface area contributed by atoms with Crippen LogP contribution in [0.4, 0.5) is 0 Å². The Labute approximate surface area is 98.6 Å². The van der Waals surface area contributed by atoms with Gasteiger partial charge in [0.25, 0.3) is 0 Å². The standard InChI is InChI=1S/C12H24ClNO/c1-12(15)7-6-10-14(11-12)9-5-3-2-4-8-13/h15H,2-11H2,1H3. The van der Waals surface area contributed by atoms with Crippen LogP contribution in [0.5, 0.6) is 0 Å². The van der Waals surface area contributed by atoms with Crippen molar-refractivity contribution in [3.63, 3.8) is 0 Å². The zero-order valence-electron chi connectivity index (χ0n) is 9.84. The summed E-state index contributed by atoms with van der Waals surface area (Å²) in [5.74, 6) is 0.790. The van der Waals surface area contributed by atoms with Crippen molar-refractivity contribution in [1.29, 1.82) is 0 Å². The van der Waals surface area contributed by atoms with E-state index in [-0.39, 0.29) is 0 Å². The molecule has 2 nitrogen and oxygen atoms in total. The predicted octanol–water partition coefficient (Wildman–Crippen LogP) is 2.63. The topological polar surface area (TPSA) is 23.5 Å². The van der Waals surface area contributed by atoms with Crippen LogP contribution in [0.1, 0.15) is 45.4 Å². The quantitative estimate of drug-likeness (QED) is 0.563. The molecule has 1 unspecified atom stereocenters. The Morgan fingerprint density at radius 2 is 2.00 bits per heavy atom. The maximum Gasteiger partial charge on any atom is 0.0746 e. The highest BCUT2D eigenvalue weighted by Gasteiger charge is 2.27. The number of aliphatic hydroxyl groups is 1. The molecule has 1 fully saturated rings. The summed E-state index contributed by atoms with van der Waals surface area (Å²) in [5.41, 5.74) is -0.450. The molecule has 1 saturated heterocycles. The molecule has 0 amide bonds.